The highest BCUT2D eigenvalue weighted by Crippen LogP contribution is 2.45. The molecule has 0 saturated carbocycles. The number of hydrogen-bond donors (Lipinski definition) is 1. The zero-order valence-corrected chi connectivity index (χ0v) is 19.0. The van der Waals surface area contributed by atoms with Gasteiger partial charge >= 0.3 is 5.97 Å². The van der Waals surface area contributed by atoms with Gasteiger partial charge in [0.05, 0.1) is 14.2 Å². The van der Waals surface area contributed by atoms with Gasteiger partial charge in [-0.1, -0.05) is 30.3 Å². The number of hydrogen-bond acceptors (Lipinski definition) is 6. The maximum absolute atomic E-state index is 13.1. The van der Waals surface area contributed by atoms with Gasteiger partial charge in [0.25, 0.3) is 0 Å². The second-order valence-corrected chi connectivity index (χ2v) is 8.31. The lowest BCUT2D eigenvalue weighted by atomic mass is 10.0. The first-order valence-electron chi connectivity index (χ1n) is 11.1. The third-order valence-electron chi connectivity index (χ3n) is 6.17. The molecule has 0 radical (unpaired) electrons. The van der Waals surface area contributed by atoms with Gasteiger partial charge < -0.3 is 19.5 Å². The van der Waals surface area contributed by atoms with E-state index in [0.717, 1.165) is 12.8 Å². The van der Waals surface area contributed by atoms with Crippen LogP contribution >= 0.6 is 0 Å². The Bertz CT molecular complexity index is 1050. The van der Waals surface area contributed by atoms with Crippen molar-refractivity contribution in [3.8, 4) is 11.5 Å². The molecule has 2 heterocycles. The summed E-state index contributed by atoms with van der Waals surface area (Å²) in [6.45, 7) is 1.95. The highest BCUT2D eigenvalue weighted by atomic mass is 16.6. The topological polar surface area (TPSA) is 94.2 Å². The monoisotopic (exact) mass is 452 g/mol. The summed E-state index contributed by atoms with van der Waals surface area (Å²) in [7, 11) is 2.91. The fourth-order valence-corrected chi connectivity index (χ4v) is 4.48. The van der Waals surface area contributed by atoms with E-state index in [1.165, 1.54) is 24.7 Å². The summed E-state index contributed by atoms with van der Waals surface area (Å²) in [5.41, 5.74) is 1.91. The molecule has 2 aliphatic heterocycles. The van der Waals surface area contributed by atoms with Crippen LogP contribution in [0.5, 0.6) is 11.5 Å². The van der Waals surface area contributed by atoms with E-state index in [1.54, 1.807) is 12.1 Å². The van der Waals surface area contributed by atoms with Gasteiger partial charge in [-0.2, -0.15) is 0 Å². The van der Waals surface area contributed by atoms with Crippen LogP contribution in [0.4, 0.5) is 0 Å². The number of amides is 2. The van der Waals surface area contributed by atoms with E-state index in [1.807, 2.05) is 25.1 Å². The summed E-state index contributed by atoms with van der Waals surface area (Å²) in [6.07, 6.45) is 1.22. The minimum absolute atomic E-state index is 0.0713. The Morgan fingerprint density at radius 3 is 2.61 bits per heavy atom. The normalized spacial score (nSPS) is 20.3. The van der Waals surface area contributed by atoms with Crippen molar-refractivity contribution < 1.29 is 28.6 Å². The lowest BCUT2D eigenvalue weighted by molar-refractivity contribution is -0.146. The van der Waals surface area contributed by atoms with Crippen LogP contribution in [0.25, 0.3) is 0 Å². The van der Waals surface area contributed by atoms with Crippen molar-refractivity contribution >= 4 is 17.8 Å². The maximum Gasteiger partial charge on any atom is 0.344 e. The molecule has 4 rings (SSSR count). The number of benzene rings is 2. The lowest BCUT2D eigenvalue weighted by Crippen LogP contribution is -2.48. The molecule has 8 nitrogen and oxygen atoms in total. The minimum atomic E-state index is -0.974. The molecule has 2 amide bonds. The summed E-state index contributed by atoms with van der Waals surface area (Å²) in [5.74, 6) is -0.437. The van der Waals surface area contributed by atoms with Crippen molar-refractivity contribution in [2.45, 2.75) is 50.9 Å². The number of ether oxygens (including phenoxy) is 3. The number of carbonyl (C=O) groups excluding carboxylic acids is 3. The van der Waals surface area contributed by atoms with E-state index in [0.29, 0.717) is 17.7 Å². The van der Waals surface area contributed by atoms with Crippen LogP contribution in [-0.2, 0) is 20.7 Å². The highest BCUT2D eigenvalue weighted by molar-refractivity contribution is 5.99. The quantitative estimate of drug-likeness (QED) is 0.619. The average Bonchev–Trinajstić information content (AvgIpc) is 3.37. The predicted octanol–water partition coefficient (Wildman–Crippen LogP) is 3.00. The van der Waals surface area contributed by atoms with Gasteiger partial charge in [-0.05, 0) is 43.9 Å². The van der Waals surface area contributed by atoms with E-state index < -0.39 is 18.2 Å². The number of esters is 1. The first-order valence-corrected chi connectivity index (χ1v) is 11.1. The van der Waals surface area contributed by atoms with E-state index in [4.69, 9.17) is 14.2 Å². The molecule has 174 valence electrons. The Kier molecular flexibility index (Phi) is 6.53. The fourth-order valence-electron chi connectivity index (χ4n) is 4.48. The molecule has 1 fully saturated rings. The first-order chi connectivity index (χ1) is 15.9. The molecule has 1 N–H and O–H groups in total. The van der Waals surface area contributed by atoms with Gasteiger partial charge in [0.2, 0.25) is 18.0 Å². The zero-order valence-electron chi connectivity index (χ0n) is 19.0. The van der Waals surface area contributed by atoms with E-state index in [9.17, 15) is 14.4 Å². The summed E-state index contributed by atoms with van der Waals surface area (Å²) in [4.78, 5) is 39.9. The van der Waals surface area contributed by atoms with Crippen molar-refractivity contribution in [1.82, 2.24) is 10.2 Å². The Balaban J connectivity index is 1.50. The van der Waals surface area contributed by atoms with E-state index in [-0.39, 0.29) is 35.6 Å². The number of aryl methyl sites for hydroxylation is 1. The van der Waals surface area contributed by atoms with Crippen LogP contribution in [0.2, 0.25) is 0 Å². The van der Waals surface area contributed by atoms with Crippen molar-refractivity contribution in [3.63, 3.8) is 0 Å². The largest absolute Gasteiger partial charge is 0.493 e. The van der Waals surface area contributed by atoms with Gasteiger partial charge in [-0.25, -0.2) is 4.79 Å². The first kappa shape index (κ1) is 22.6. The van der Waals surface area contributed by atoms with Crippen molar-refractivity contribution in [2.24, 2.45) is 0 Å². The second kappa shape index (κ2) is 9.52. The van der Waals surface area contributed by atoms with Crippen LogP contribution < -0.4 is 14.8 Å². The highest BCUT2D eigenvalue weighted by Gasteiger charge is 2.47. The standard InChI is InChI=1S/C25H28N2O6/c1-15(9-10-16-7-5-4-6-8-16)26-23(29)18-12-14-20(28)27(18)24-17-11-13-19(31-2)22(32-3)21(17)25(30)33-24/h4-8,11,13,15,18,24H,9-10,12,14H2,1-3H3,(H,26,29)/t15-,18+,24+/m1/s1. The van der Waals surface area contributed by atoms with Gasteiger partial charge in [0.1, 0.15) is 11.6 Å². The Morgan fingerprint density at radius 1 is 1.15 bits per heavy atom. The average molecular weight is 453 g/mol. The third kappa shape index (κ3) is 4.37. The fraction of sp³-hybridized carbons (Fsp3) is 0.400. The van der Waals surface area contributed by atoms with Crippen LogP contribution in [0.1, 0.15) is 53.9 Å². The molecule has 8 heteroatoms. The van der Waals surface area contributed by atoms with E-state index >= 15 is 0 Å². The van der Waals surface area contributed by atoms with Crippen LogP contribution in [-0.4, -0.2) is 49.0 Å². The molecule has 2 aromatic carbocycles. The van der Waals surface area contributed by atoms with Crippen LogP contribution in [0, 0.1) is 0 Å². The van der Waals surface area contributed by atoms with Crippen molar-refractivity contribution in [2.75, 3.05) is 14.2 Å². The molecule has 0 aromatic heterocycles. The Morgan fingerprint density at radius 2 is 1.91 bits per heavy atom. The van der Waals surface area contributed by atoms with Crippen LogP contribution in [0.15, 0.2) is 42.5 Å². The molecule has 2 aromatic rings. The van der Waals surface area contributed by atoms with Crippen molar-refractivity contribution in [3.05, 3.63) is 59.2 Å². The maximum atomic E-state index is 13.1. The summed E-state index contributed by atoms with van der Waals surface area (Å²) >= 11 is 0. The smallest absolute Gasteiger partial charge is 0.344 e. The van der Waals surface area contributed by atoms with Gasteiger partial charge in [-0.3, -0.25) is 14.5 Å². The number of rotatable bonds is 8. The molecule has 1 saturated heterocycles. The lowest BCUT2D eigenvalue weighted by Gasteiger charge is -2.30. The number of methoxy groups -OCH3 is 2. The number of fused-ring (bicyclic) bond motifs is 1. The van der Waals surface area contributed by atoms with Gasteiger partial charge in [-0.15, -0.1) is 0 Å². The molecule has 3 atom stereocenters. The van der Waals surface area contributed by atoms with Gasteiger partial charge in [0, 0.05) is 18.0 Å². The van der Waals surface area contributed by atoms with Crippen LogP contribution in [0.3, 0.4) is 0 Å². The zero-order chi connectivity index (χ0) is 23.5. The van der Waals surface area contributed by atoms with E-state index in [2.05, 4.69) is 17.4 Å². The molecule has 0 spiro atoms. The third-order valence-corrected chi connectivity index (χ3v) is 6.17. The SMILES string of the molecule is COc1ccc2c(c1OC)C(=O)O[C@@H]2N1C(=O)CC[C@H]1C(=O)N[C@H](C)CCc1ccccc1. The number of likely N-dealkylation sites (tertiary alicyclic amines) is 1. The minimum Gasteiger partial charge on any atom is -0.493 e. The molecule has 0 aliphatic carbocycles. The van der Waals surface area contributed by atoms with Crippen molar-refractivity contribution in [1.29, 1.82) is 0 Å². The number of nitrogens with one attached hydrogen (secondary N) is 1. The number of carbonyl (C=O) groups is 3. The summed E-state index contributed by atoms with van der Waals surface area (Å²) in [6, 6.07) is 12.6. The molecule has 2 aliphatic rings. The molecular formula is C25H28N2O6. The second-order valence-electron chi connectivity index (χ2n) is 8.31. The number of nitrogens with zero attached hydrogens (tertiary/aromatic N) is 1. The molecular weight excluding hydrogens is 424 g/mol. The number of cyclic esters (lactones) is 1. The molecule has 0 bridgehead atoms. The Labute approximate surface area is 192 Å². The summed E-state index contributed by atoms with van der Waals surface area (Å²) in [5, 5.41) is 3.02. The van der Waals surface area contributed by atoms with Gasteiger partial charge in [0.15, 0.2) is 11.5 Å². The predicted molar refractivity (Wildman–Crippen MR) is 120 cm³/mol. The Hall–Kier alpha value is -3.55. The molecule has 0 unspecified atom stereocenters. The molecule has 33 heavy (non-hydrogen) atoms. The summed E-state index contributed by atoms with van der Waals surface area (Å²) < 4.78 is 16.2.